The molecule has 96 valence electrons. The second-order valence-corrected chi connectivity index (χ2v) is 5.26. The van der Waals surface area contributed by atoms with Gasteiger partial charge in [-0.15, -0.1) is 10.2 Å². The summed E-state index contributed by atoms with van der Waals surface area (Å²) < 4.78 is 15.4. The van der Waals surface area contributed by atoms with Gasteiger partial charge in [0.1, 0.15) is 12.1 Å². The zero-order valence-corrected chi connectivity index (χ0v) is 11.3. The Morgan fingerprint density at radius 1 is 1.44 bits per heavy atom. The number of halogens is 1. The fourth-order valence-corrected chi connectivity index (χ4v) is 2.65. The molecule has 2 N–H and O–H groups in total. The van der Waals surface area contributed by atoms with Crippen molar-refractivity contribution in [2.24, 2.45) is 12.8 Å². The highest BCUT2D eigenvalue weighted by molar-refractivity contribution is 7.99. The van der Waals surface area contributed by atoms with Crippen molar-refractivity contribution in [1.29, 1.82) is 0 Å². The highest BCUT2D eigenvalue weighted by atomic mass is 32.2. The molecule has 0 saturated heterocycles. The first-order valence-corrected chi connectivity index (χ1v) is 6.38. The lowest BCUT2D eigenvalue weighted by atomic mass is 10.1. The molecular formula is C12H15FN4S. The Hall–Kier alpha value is -1.40. The Morgan fingerprint density at radius 3 is 2.72 bits per heavy atom. The van der Waals surface area contributed by atoms with Gasteiger partial charge in [-0.25, -0.2) is 4.39 Å². The van der Waals surface area contributed by atoms with Crippen molar-refractivity contribution in [1.82, 2.24) is 14.8 Å². The molecule has 0 radical (unpaired) electrons. The van der Waals surface area contributed by atoms with Gasteiger partial charge in [-0.05, 0) is 48.9 Å². The van der Waals surface area contributed by atoms with Crippen LogP contribution >= 0.6 is 11.8 Å². The highest BCUT2D eigenvalue weighted by Gasteiger charge is 2.14. The van der Waals surface area contributed by atoms with E-state index in [0.29, 0.717) is 5.56 Å². The van der Waals surface area contributed by atoms with Crippen LogP contribution in [0.25, 0.3) is 0 Å². The van der Waals surface area contributed by atoms with E-state index in [4.69, 9.17) is 5.73 Å². The molecule has 0 fully saturated rings. The van der Waals surface area contributed by atoms with Crippen LogP contribution in [0.15, 0.2) is 28.5 Å². The second-order valence-electron chi connectivity index (χ2n) is 4.25. The Balaban J connectivity index is 2.43. The topological polar surface area (TPSA) is 56.7 Å². The largest absolute Gasteiger partial charge is 0.324 e. The van der Waals surface area contributed by atoms with Gasteiger partial charge in [0.05, 0.1) is 0 Å². The third-order valence-electron chi connectivity index (χ3n) is 2.65. The maximum atomic E-state index is 13.6. The van der Waals surface area contributed by atoms with E-state index in [1.54, 1.807) is 19.3 Å². The van der Waals surface area contributed by atoms with E-state index in [2.05, 4.69) is 10.2 Å². The maximum Gasteiger partial charge on any atom is 0.195 e. The van der Waals surface area contributed by atoms with Gasteiger partial charge >= 0.3 is 0 Å². The number of hydrogen-bond donors (Lipinski definition) is 1. The molecule has 0 saturated carbocycles. The van der Waals surface area contributed by atoms with E-state index in [-0.39, 0.29) is 11.9 Å². The number of nitrogens with two attached hydrogens (primary N) is 1. The van der Waals surface area contributed by atoms with Crippen LogP contribution in [0, 0.1) is 12.7 Å². The van der Waals surface area contributed by atoms with Gasteiger partial charge in [-0.1, -0.05) is 0 Å². The number of aryl methyl sites for hydroxylation is 2. The highest BCUT2D eigenvalue weighted by Crippen LogP contribution is 2.33. The second kappa shape index (κ2) is 5.07. The standard InChI is InChI=1S/C12H15FN4S/c1-7-4-11(9(8(2)14)5-10(7)13)18-12-16-15-6-17(12)3/h4-6,8H,14H2,1-3H3. The molecule has 0 amide bonds. The minimum absolute atomic E-state index is 0.226. The minimum Gasteiger partial charge on any atom is -0.324 e. The van der Waals surface area contributed by atoms with Crippen molar-refractivity contribution in [3.63, 3.8) is 0 Å². The molecule has 1 aromatic carbocycles. The lowest BCUT2D eigenvalue weighted by Crippen LogP contribution is -2.08. The van der Waals surface area contributed by atoms with Crippen molar-refractivity contribution in [3.05, 3.63) is 35.4 Å². The summed E-state index contributed by atoms with van der Waals surface area (Å²) in [5.74, 6) is -0.232. The Morgan fingerprint density at radius 2 is 2.17 bits per heavy atom. The predicted molar refractivity (Wildman–Crippen MR) is 68.9 cm³/mol. The van der Waals surface area contributed by atoms with Gasteiger partial charge in [0, 0.05) is 18.0 Å². The fourth-order valence-electron chi connectivity index (χ4n) is 1.58. The lowest BCUT2D eigenvalue weighted by Gasteiger charge is -2.13. The number of aromatic nitrogens is 3. The summed E-state index contributed by atoms with van der Waals surface area (Å²) in [7, 11) is 1.87. The first kappa shape index (κ1) is 13.0. The van der Waals surface area contributed by atoms with E-state index >= 15 is 0 Å². The quantitative estimate of drug-likeness (QED) is 0.927. The molecule has 1 heterocycles. The van der Waals surface area contributed by atoms with Gasteiger partial charge in [0.25, 0.3) is 0 Å². The van der Waals surface area contributed by atoms with Crippen LogP contribution < -0.4 is 5.73 Å². The smallest absolute Gasteiger partial charge is 0.195 e. The molecule has 0 aliphatic carbocycles. The van der Waals surface area contributed by atoms with Gasteiger partial charge in [-0.2, -0.15) is 0 Å². The monoisotopic (exact) mass is 266 g/mol. The van der Waals surface area contributed by atoms with Crippen molar-refractivity contribution in [3.8, 4) is 0 Å². The number of rotatable bonds is 3. The van der Waals surface area contributed by atoms with Crippen LogP contribution in [0.1, 0.15) is 24.1 Å². The van der Waals surface area contributed by atoms with Crippen LogP contribution in [0.3, 0.4) is 0 Å². The van der Waals surface area contributed by atoms with Crippen molar-refractivity contribution >= 4 is 11.8 Å². The third-order valence-corrected chi connectivity index (χ3v) is 3.78. The molecule has 2 aromatic rings. The third kappa shape index (κ3) is 2.54. The average molecular weight is 266 g/mol. The van der Waals surface area contributed by atoms with Gasteiger partial charge in [0.2, 0.25) is 0 Å². The first-order valence-electron chi connectivity index (χ1n) is 5.56. The van der Waals surface area contributed by atoms with E-state index in [0.717, 1.165) is 15.6 Å². The summed E-state index contributed by atoms with van der Waals surface area (Å²) in [5, 5.41) is 8.58. The molecule has 2 rings (SSSR count). The summed E-state index contributed by atoms with van der Waals surface area (Å²) >= 11 is 1.44. The zero-order valence-electron chi connectivity index (χ0n) is 10.5. The lowest BCUT2D eigenvalue weighted by molar-refractivity contribution is 0.610. The molecule has 4 nitrogen and oxygen atoms in total. The van der Waals surface area contributed by atoms with Crippen molar-refractivity contribution < 1.29 is 4.39 Å². The van der Waals surface area contributed by atoms with Gasteiger partial charge in [-0.3, -0.25) is 0 Å². The van der Waals surface area contributed by atoms with Gasteiger partial charge in [0.15, 0.2) is 5.16 Å². The number of hydrogen-bond acceptors (Lipinski definition) is 4. The molecular weight excluding hydrogens is 251 g/mol. The molecule has 0 spiro atoms. The molecule has 6 heteroatoms. The zero-order chi connectivity index (χ0) is 13.3. The number of nitrogens with zero attached hydrogens (tertiary/aromatic N) is 3. The minimum atomic E-state index is -0.232. The Labute approximate surface area is 109 Å². The Bertz CT molecular complexity index is 565. The van der Waals surface area contributed by atoms with E-state index in [1.165, 1.54) is 17.8 Å². The van der Waals surface area contributed by atoms with E-state index in [1.807, 2.05) is 18.5 Å². The summed E-state index contributed by atoms with van der Waals surface area (Å²) in [6, 6.07) is 3.07. The van der Waals surface area contributed by atoms with Gasteiger partial charge < -0.3 is 10.3 Å². The maximum absolute atomic E-state index is 13.6. The fraction of sp³-hybridized carbons (Fsp3) is 0.333. The predicted octanol–water partition coefficient (Wildman–Crippen LogP) is 2.43. The van der Waals surface area contributed by atoms with Crippen molar-refractivity contribution in [2.75, 3.05) is 0 Å². The summed E-state index contributed by atoms with van der Waals surface area (Å²) in [6.45, 7) is 3.58. The average Bonchev–Trinajstić information content (AvgIpc) is 2.69. The van der Waals surface area contributed by atoms with Crippen LogP contribution in [0.4, 0.5) is 4.39 Å². The van der Waals surface area contributed by atoms with Crippen LogP contribution in [-0.4, -0.2) is 14.8 Å². The molecule has 0 aliphatic rings. The molecule has 18 heavy (non-hydrogen) atoms. The molecule has 1 aromatic heterocycles. The van der Waals surface area contributed by atoms with Crippen LogP contribution in [0.2, 0.25) is 0 Å². The van der Waals surface area contributed by atoms with Crippen molar-refractivity contribution in [2.45, 2.75) is 29.9 Å². The SMILES string of the molecule is Cc1cc(Sc2nncn2C)c(C(C)N)cc1F. The molecule has 1 unspecified atom stereocenters. The van der Waals surface area contributed by atoms with Crippen LogP contribution in [0.5, 0.6) is 0 Å². The molecule has 1 atom stereocenters. The summed E-state index contributed by atoms with van der Waals surface area (Å²) in [5.41, 5.74) is 7.26. The molecule has 0 aliphatic heterocycles. The van der Waals surface area contributed by atoms with E-state index in [9.17, 15) is 4.39 Å². The Kier molecular flexibility index (Phi) is 3.68. The first-order chi connectivity index (χ1) is 8.49. The molecule has 0 bridgehead atoms. The normalized spacial score (nSPS) is 12.7. The number of benzene rings is 1. The van der Waals surface area contributed by atoms with E-state index < -0.39 is 0 Å². The summed E-state index contributed by atoms with van der Waals surface area (Å²) in [6.07, 6.45) is 1.63. The summed E-state index contributed by atoms with van der Waals surface area (Å²) in [4.78, 5) is 0.917. The van der Waals surface area contributed by atoms with Crippen LogP contribution in [-0.2, 0) is 7.05 Å².